The predicted molar refractivity (Wildman–Crippen MR) is 150 cm³/mol. The summed E-state index contributed by atoms with van der Waals surface area (Å²) in [7, 11) is 1.61. The lowest BCUT2D eigenvalue weighted by Crippen LogP contribution is -2.16. The highest BCUT2D eigenvalue weighted by Gasteiger charge is 2.30. The van der Waals surface area contributed by atoms with Crippen LogP contribution in [-0.4, -0.2) is 22.0 Å². The standard InChI is InChI=1S/C31H28ClN3O2/c1-20-10-12-21(13-11-20)26-19-35-29(30(36)33-25-8-3-4-9-27(25)37-2)28(22-14-16-23(32)17-15-22)24-7-5-6-18-34(26)31(24)35/h3-4,8-17,19H,5-7,18H2,1-2H3,(H,33,36). The van der Waals surface area contributed by atoms with Crippen LogP contribution in [0.15, 0.2) is 79.0 Å². The van der Waals surface area contributed by atoms with Gasteiger partial charge in [0.1, 0.15) is 17.1 Å². The second-order valence-corrected chi connectivity index (χ2v) is 9.98. The molecule has 5 nitrogen and oxygen atoms in total. The molecular weight excluding hydrogens is 482 g/mol. The molecule has 0 unspecified atom stereocenters. The maximum Gasteiger partial charge on any atom is 0.273 e. The lowest BCUT2D eigenvalue weighted by molar-refractivity contribution is 0.102. The zero-order chi connectivity index (χ0) is 25.5. The molecule has 3 heterocycles. The van der Waals surface area contributed by atoms with E-state index in [0.29, 0.717) is 22.2 Å². The molecule has 2 aromatic heterocycles. The number of methoxy groups -OCH3 is 1. The summed E-state index contributed by atoms with van der Waals surface area (Å²) >= 11 is 6.23. The Kier molecular flexibility index (Phi) is 6.01. The van der Waals surface area contributed by atoms with E-state index in [1.165, 1.54) is 11.1 Å². The number of aryl methyl sites for hydroxylation is 3. The third kappa shape index (κ3) is 4.09. The lowest BCUT2D eigenvalue weighted by Gasteiger charge is -2.12. The SMILES string of the molecule is COc1ccccc1NC(=O)c1c(-c2ccc(Cl)cc2)c2c3n(c(-c4ccc(C)cc4)cn13)CCCC2. The monoisotopic (exact) mass is 509 g/mol. The number of ether oxygens (including phenoxy) is 1. The van der Waals surface area contributed by atoms with Crippen molar-refractivity contribution >= 4 is 28.8 Å². The second-order valence-electron chi connectivity index (χ2n) is 9.55. The summed E-state index contributed by atoms with van der Waals surface area (Å²) < 4.78 is 9.97. The highest BCUT2D eigenvalue weighted by Crippen LogP contribution is 2.40. The number of benzene rings is 3. The van der Waals surface area contributed by atoms with Crippen molar-refractivity contribution in [2.45, 2.75) is 32.7 Å². The molecule has 3 aromatic carbocycles. The van der Waals surface area contributed by atoms with E-state index in [1.807, 2.05) is 48.5 Å². The number of nitrogens with zero attached hydrogens (tertiary/aromatic N) is 2. The molecule has 0 saturated carbocycles. The van der Waals surface area contributed by atoms with Gasteiger partial charge in [-0.05, 0) is 61.6 Å². The molecule has 1 aliphatic heterocycles. The Morgan fingerprint density at radius 2 is 1.68 bits per heavy atom. The van der Waals surface area contributed by atoms with E-state index in [9.17, 15) is 4.79 Å². The number of anilines is 1. The number of hydrogen-bond donors (Lipinski definition) is 1. The fourth-order valence-corrected chi connectivity index (χ4v) is 5.55. The summed E-state index contributed by atoms with van der Waals surface area (Å²) in [5.74, 6) is 0.444. The van der Waals surface area contributed by atoms with E-state index in [4.69, 9.17) is 16.3 Å². The Morgan fingerprint density at radius 3 is 2.43 bits per heavy atom. The molecule has 0 fully saturated rings. The molecule has 0 atom stereocenters. The molecule has 186 valence electrons. The molecule has 6 heteroatoms. The van der Waals surface area contributed by atoms with Gasteiger partial charge in [-0.3, -0.25) is 9.20 Å². The number of carbonyl (C=O) groups excluding carboxylic acids is 1. The molecule has 0 spiro atoms. The van der Waals surface area contributed by atoms with Gasteiger partial charge < -0.3 is 14.6 Å². The third-order valence-electron chi connectivity index (χ3n) is 7.18. The highest BCUT2D eigenvalue weighted by atomic mass is 35.5. The van der Waals surface area contributed by atoms with Crippen LogP contribution in [0.1, 0.15) is 34.5 Å². The molecule has 0 bridgehead atoms. The number of amides is 1. The van der Waals surface area contributed by atoms with Crippen LogP contribution < -0.4 is 10.1 Å². The quantitative estimate of drug-likeness (QED) is 0.264. The Hall–Kier alpha value is -3.96. The minimum absolute atomic E-state index is 0.177. The number of hydrogen-bond acceptors (Lipinski definition) is 2. The Balaban J connectivity index is 1.60. The fraction of sp³-hybridized carbons (Fsp3) is 0.194. The number of carbonyl (C=O) groups is 1. The first-order valence-electron chi connectivity index (χ1n) is 12.6. The summed E-state index contributed by atoms with van der Waals surface area (Å²) in [6, 6.07) is 23.9. The van der Waals surface area contributed by atoms with Crippen molar-refractivity contribution in [2.24, 2.45) is 0 Å². The molecule has 1 N–H and O–H groups in total. The van der Waals surface area contributed by atoms with Gasteiger partial charge in [-0.15, -0.1) is 0 Å². The molecule has 5 aromatic rings. The van der Waals surface area contributed by atoms with E-state index >= 15 is 0 Å². The molecule has 0 radical (unpaired) electrons. The van der Waals surface area contributed by atoms with Gasteiger partial charge in [0.05, 0.1) is 18.5 Å². The van der Waals surface area contributed by atoms with Crippen molar-refractivity contribution in [1.29, 1.82) is 0 Å². The minimum atomic E-state index is -0.177. The van der Waals surface area contributed by atoms with Gasteiger partial charge in [0.2, 0.25) is 0 Å². The van der Waals surface area contributed by atoms with Gasteiger partial charge in [-0.25, -0.2) is 0 Å². The van der Waals surface area contributed by atoms with Gasteiger partial charge in [-0.1, -0.05) is 65.7 Å². The Bertz CT molecular complexity index is 1610. The van der Waals surface area contributed by atoms with Crippen LogP contribution in [0.25, 0.3) is 28.0 Å². The molecule has 0 aliphatic carbocycles. The summed E-state index contributed by atoms with van der Waals surface area (Å²) in [6.45, 7) is 3.00. The predicted octanol–water partition coefficient (Wildman–Crippen LogP) is 7.63. The second kappa shape index (κ2) is 9.49. The first-order chi connectivity index (χ1) is 18.0. The third-order valence-corrected chi connectivity index (χ3v) is 7.44. The minimum Gasteiger partial charge on any atom is -0.495 e. The maximum atomic E-state index is 14.1. The Labute approximate surface area is 221 Å². The van der Waals surface area contributed by atoms with E-state index < -0.39 is 0 Å². The molecule has 1 aliphatic rings. The normalized spacial score (nSPS) is 12.9. The summed E-state index contributed by atoms with van der Waals surface area (Å²) in [6.07, 6.45) is 5.16. The first-order valence-corrected chi connectivity index (χ1v) is 13.0. The van der Waals surface area contributed by atoms with Crippen molar-refractivity contribution in [3.05, 3.63) is 101 Å². The summed E-state index contributed by atoms with van der Waals surface area (Å²) in [5, 5.41) is 3.79. The van der Waals surface area contributed by atoms with Crippen LogP contribution in [0.2, 0.25) is 5.02 Å². The average molecular weight is 510 g/mol. The maximum absolute atomic E-state index is 14.1. The van der Waals surface area contributed by atoms with Crippen LogP contribution >= 0.6 is 11.6 Å². The van der Waals surface area contributed by atoms with Gasteiger partial charge >= 0.3 is 0 Å². The number of aromatic nitrogens is 2. The van der Waals surface area contributed by atoms with E-state index in [0.717, 1.165) is 53.8 Å². The van der Waals surface area contributed by atoms with Gasteiger partial charge in [0, 0.05) is 28.9 Å². The average Bonchev–Trinajstić information content (AvgIpc) is 3.33. The van der Waals surface area contributed by atoms with Crippen molar-refractivity contribution in [3.63, 3.8) is 0 Å². The molecule has 6 rings (SSSR count). The fourth-order valence-electron chi connectivity index (χ4n) is 5.42. The highest BCUT2D eigenvalue weighted by molar-refractivity contribution is 6.30. The smallest absolute Gasteiger partial charge is 0.273 e. The topological polar surface area (TPSA) is 47.7 Å². The van der Waals surface area contributed by atoms with Crippen molar-refractivity contribution in [2.75, 3.05) is 12.4 Å². The number of imidazole rings is 1. The zero-order valence-electron chi connectivity index (χ0n) is 20.9. The van der Waals surface area contributed by atoms with Crippen LogP contribution in [0, 0.1) is 6.92 Å². The van der Waals surface area contributed by atoms with Gasteiger partial charge in [-0.2, -0.15) is 0 Å². The number of nitrogens with one attached hydrogen (secondary N) is 1. The van der Waals surface area contributed by atoms with Crippen LogP contribution in [-0.2, 0) is 13.0 Å². The summed E-state index contributed by atoms with van der Waals surface area (Å²) in [4.78, 5) is 14.1. The van der Waals surface area contributed by atoms with Crippen LogP contribution in [0.4, 0.5) is 5.69 Å². The van der Waals surface area contributed by atoms with Gasteiger partial charge in [0.25, 0.3) is 5.91 Å². The van der Waals surface area contributed by atoms with Crippen LogP contribution in [0.5, 0.6) is 5.75 Å². The molecule has 0 saturated heterocycles. The zero-order valence-corrected chi connectivity index (χ0v) is 21.7. The van der Waals surface area contributed by atoms with E-state index in [-0.39, 0.29) is 5.91 Å². The first kappa shape index (κ1) is 23.4. The molecule has 37 heavy (non-hydrogen) atoms. The van der Waals surface area contributed by atoms with Crippen molar-refractivity contribution in [1.82, 2.24) is 8.97 Å². The molecule has 1 amide bonds. The largest absolute Gasteiger partial charge is 0.495 e. The molecular formula is C31H28ClN3O2. The van der Waals surface area contributed by atoms with Crippen molar-refractivity contribution < 1.29 is 9.53 Å². The van der Waals surface area contributed by atoms with Crippen LogP contribution in [0.3, 0.4) is 0 Å². The lowest BCUT2D eigenvalue weighted by atomic mass is 9.97. The number of para-hydroxylation sites is 2. The Morgan fingerprint density at radius 1 is 0.946 bits per heavy atom. The van der Waals surface area contributed by atoms with Crippen molar-refractivity contribution in [3.8, 4) is 28.1 Å². The van der Waals surface area contributed by atoms with Gasteiger partial charge in [0.15, 0.2) is 0 Å². The summed E-state index contributed by atoms with van der Waals surface area (Å²) in [5.41, 5.74) is 8.97. The number of rotatable bonds is 5. The van der Waals surface area contributed by atoms with E-state index in [1.54, 1.807) is 7.11 Å². The number of halogens is 1. The van der Waals surface area contributed by atoms with E-state index in [2.05, 4.69) is 51.7 Å².